The highest BCUT2D eigenvalue weighted by atomic mass is 32.2. The first kappa shape index (κ1) is 25.6. The fourth-order valence-corrected chi connectivity index (χ4v) is 8.30. The maximum atomic E-state index is 6.73. The molecule has 0 saturated carbocycles. The Labute approximate surface area is 259 Å². The molecule has 1 aliphatic carbocycles. The van der Waals surface area contributed by atoms with Crippen molar-refractivity contribution >= 4 is 60.1 Å². The van der Waals surface area contributed by atoms with Crippen LogP contribution < -0.4 is 0 Å². The van der Waals surface area contributed by atoms with Crippen LogP contribution in [0.2, 0.25) is 0 Å². The van der Waals surface area contributed by atoms with Gasteiger partial charge in [-0.05, 0) is 76.0 Å². The predicted octanol–water partition coefficient (Wildman–Crippen LogP) is 11.3. The quantitative estimate of drug-likeness (QED) is 0.189. The van der Waals surface area contributed by atoms with Gasteiger partial charge in [0.25, 0.3) is 0 Å². The van der Waals surface area contributed by atoms with Crippen LogP contribution in [-0.2, 0) is 5.41 Å². The van der Waals surface area contributed by atoms with E-state index in [1.165, 1.54) is 55.2 Å². The molecule has 6 aromatic carbocycles. The SMILES string of the molecule is C=S(C)c1cccc2c1oc1c(-n3c4ccccc4c4cc(-c5ccc6c(c5)C(C)(C)c5ccccc5-6)ccc43)cccc12. The van der Waals surface area contributed by atoms with Crippen LogP contribution in [0.3, 0.4) is 0 Å². The fourth-order valence-electron chi connectivity index (χ4n) is 7.53. The molecule has 0 amide bonds. The second kappa shape index (κ2) is 9.07. The first-order valence-corrected chi connectivity index (χ1v) is 16.9. The van der Waals surface area contributed by atoms with Crippen LogP contribution in [-0.4, -0.2) is 16.7 Å². The minimum Gasteiger partial charge on any atom is -0.453 e. The van der Waals surface area contributed by atoms with E-state index >= 15 is 0 Å². The highest BCUT2D eigenvalue weighted by Gasteiger charge is 2.35. The smallest absolute Gasteiger partial charge is 0.159 e. The number of nitrogens with zero attached hydrogens (tertiary/aromatic N) is 1. The third-order valence-electron chi connectivity index (χ3n) is 9.67. The van der Waals surface area contributed by atoms with Crippen LogP contribution in [0.5, 0.6) is 0 Å². The van der Waals surface area contributed by atoms with E-state index in [9.17, 15) is 0 Å². The summed E-state index contributed by atoms with van der Waals surface area (Å²) in [5.74, 6) is 4.32. The molecule has 2 heterocycles. The third-order valence-corrected chi connectivity index (χ3v) is 10.7. The molecule has 9 rings (SSSR count). The van der Waals surface area contributed by atoms with Crippen LogP contribution in [0.4, 0.5) is 0 Å². The van der Waals surface area contributed by atoms with Crippen molar-refractivity contribution in [1.82, 2.24) is 4.57 Å². The van der Waals surface area contributed by atoms with Gasteiger partial charge in [-0.2, -0.15) is 10.5 Å². The lowest BCUT2D eigenvalue weighted by Gasteiger charge is -2.22. The van der Waals surface area contributed by atoms with Gasteiger partial charge in [0.15, 0.2) is 5.58 Å². The normalized spacial score (nSPS) is 14.4. The molecule has 0 N–H and O–H groups in total. The van der Waals surface area contributed by atoms with E-state index in [-0.39, 0.29) is 15.9 Å². The highest BCUT2D eigenvalue weighted by Crippen LogP contribution is 2.50. The molecule has 0 spiro atoms. The van der Waals surface area contributed by atoms with Gasteiger partial charge in [-0.25, -0.2) is 0 Å². The lowest BCUT2D eigenvalue weighted by Crippen LogP contribution is -2.14. The van der Waals surface area contributed by atoms with Crippen molar-refractivity contribution in [3.8, 4) is 27.9 Å². The molecular weight excluding hydrogens is 555 g/mol. The van der Waals surface area contributed by atoms with Gasteiger partial charge in [-0.3, -0.25) is 0 Å². The summed E-state index contributed by atoms with van der Waals surface area (Å²) in [5.41, 5.74) is 13.2. The lowest BCUT2D eigenvalue weighted by atomic mass is 9.81. The predicted molar refractivity (Wildman–Crippen MR) is 190 cm³/mol. The lowest BCUT2D eigenvalue weighted by molar-refractivity contribution is 0.658. The summed E-state index contributed by atoms with van der Waals surface area (Å²) < 4.78 is 9.10. The number of benzene rings is 6. The summed E-state index contributed by atoms with van der Waals surface area (Å²) >= 11 is 0. The molecular formula is C41H31NOS. The summed E-state index contributed by atoms with van der Waals surface area (Å²) in [7, 11) is -0.156. The molecule has 2 nitrogen and oxygen atoms in total. The third kappa shape index (κ3) is 3.42. The number of para-hydroxylation sites is 3. The Bertz CT molecular complexity index is 2510. The number of rotatable bonds is 3. The average molecular weight is 586 g/mol. The van der Waals surface area contributed by atoms with Gasteiger partial charge in [0.2, 0.25) is 0 Å². The standard InChI is InChI=1S/C41H31NOS/c1-41(2)33-15-7-5-11-27(33)28-21-19-26(24-34(28)41)25-20-22-36-32(23-25)29-12-6-8-16-35(29)42(36)37-17-9-13-30-31-14-10-18-38(44(3)4)40(31)43-39(30)37/h5-24H,3H2,1-2,4H3. The molecule has 1 atom stereocenters. The highest BCUT2D eigenvalue weighted by molar-refractivity contribution is 8.13. The van der Waals surface area contributed by atoms with Gasteiger partial charge in [0.05, 0.1) is 16.7 Å². The van der Waals surface area contributed by atoms with Crippen molar-refractivity contribution in [3.63, 3.8) is 0 Å². The van der Waals surface area contributed by atoms with E-state index in [0.29, 0.717) is 0 Å². The van der Waals surface area contributed by atoms with Crippen LogP contribution in [0.15, 0.2) is 131 Å². The van der Waals surface area contributed by atoms with E-state index in [0.717, 1.165) is 32.5 Å². The second-order valence-corrected chi connectivity index (χ2v) is 14.3. The molecule has 0 bridgehead atoms. The molecule has 8 aromatic rings. The summed E-state index contributed by atoms with van der Waals surface area (Å²) in [4.78, 5) is 1.16. The van der Waals surface area contributed by atoms with E-state index in [1.54, 1.807) is 0 Å². The first-order valence-electron chi connectivity index (χ1n) is 15.1. The van der Waals surface area contributed by atoms with Gasteiger partial charge in [0, 0.05) is 31.9 Å². The number of fused-ring (bicyclic) bond motifs is 9. The molecule has 0 aliphatic heterocycles. The molecule has 0 saturated heterocycles. The number of hydrogen-bond acceptors (Lipinski definition) is 1. The molecule has 2 aromatic heterocycles. The zero-order valence-corrected chi connectivity index (χ0v) is 25.8. The minimum absolute atomic E-state index is 0.0284. The summed E-state index contributed by atoms with van der Waals surface area (Å²) in [5, 5.41) is 4.75. The van der Waals surface area contributed by atoms with Crippen molar-refractivity contribution in [3.05, 3.63) is 132 Å². The topological polar surface area (TPSA) is 18.1 Å². The van der Waals surface area contributed by atoms with Crippen LogP contribution in [0, 0.1) is 0 Å². The maximum Gasteiger partial charge on any atom is 0.159 e. The Morgan fingerprint density at radius 3 is 2.11 bits per heavy atom. The van der Waals surface area contributed by atoms with Crippen molar-refractivity contribution < 1.29 is 4.42 Å². The summed E-state index contributed by atoms with van der Waals surface area (Å²) in [6.45, 7) is 4.69. The summed E-state index contributed by atoms with van der Waals surface area (Å²) in [6.07, 6.45) is 2.15. The minimum atomic E-state index is -0.156. The van der Waals surface area contributed by atoms with Gasteiger partial charge < -0.3 is 8.98 Å². The molecule has 0 fully saturated rings. The molecule has 0 radical (unpaired) electrons. The Balaban J connectivity index is 1.27. The van der Waals surface area contributed by atoms with Crippen molar-refractivity contribution in [2.24, 2.45) is 0 Å². The Morgan fingerprint density at radius 1 is 0.591 bits per heavy atom. The Hall–Kier alpha value is -4.86. The van der Waals surface area contributed by atoms with Crippen LogP contribution >= 0.6 is 10.5 Å². The monoisotopic (exact) mass is 585 g/mol. The van der Waals surface area contributed by atoms with Gasteiger partial charge in [-0.15, -0.1) is 0 Å². The van der Waals surface area contributed by atoms with Crippen molar-refractivity contribution in [2.45, 2.75) is 24.2 Å². The zero-order chi connectivity index (χ0) is 29.7. The van der Waals surface area contributed by atoms with E-state index < -0.39 is 0 Å². The van der Waals surface area contributed by atoms with E-state index in [1.807, 2.05) is 0 Å². The summed E-state index contributed by atoms with van der Waals surface area (Å²) in [6, 6.07) is 44.4. The molecule has 3 heteroatoms. The first-order chi connectivity index (χ1) is 21.4. The number of hydrogen-bond donors (Lipinski definition) is 0. The van der Waals surface area contributed by atoms with E-state index in [2.05, 4.69) is 152 Å². The van der Waals surface area contributed by atoms with Crippen LogP contribution in [0.25, 0.3) is 71.7 Å². The molecule has 212 valence electrons. The number of aromatic nitrogens is 1. The van der Waals surface area contributed by atoms with E-state index in [4.69, 9.17) is 4.42 Å². The van der Waals surface area contributed by atoms with Crippen molar-refractivity contribution in [1.29, 1.82) is 0 Å². The van der Waals surface area contributed by atoms with Gasteiger partial charge in [0.1, 0.15) is 5.58 Å². The largest absolute Gasteiger partial charge is 0.453 e. The average Bonchev–Trinajstić information content (AvgIpc) is 3.67. The molecule has 1 unspecified atom stereocenters. The zero-order valence-electron chi connectivity index (χ0n) is 25.0. The Morgan fingerprint density at radius 2 is 1.25 bits per heavy atom. The van der Waals surface area contributed by atoms with Gasteiger partial charge in [-0.1, -0.05) is 105 Å². The second-order valence-electron chi connectivity index (χ2n) is 12.5. The Kier molecular flexibility index (Phi) is 5.28. The maximum absolute atomic E-state index is 6.73. The van der Waals surface area contributed by atoms with Gasteiger partial charge >= 0.3 is 0 Å². The molecule has 44 heavy (non-hydrogen) atoms. The van der Waals surface area contributed by atoms with Crippen molar-refractivity contribution in [2.75, 3.05) is 6.26 Å². The van der Waals surface area contributed by atoms with Crippen LogP contribution in [0.1, 0.15) is 25.0 Å². The fraction of sp³-hybridized carbons (Fsp3) is 0.0976. The number of furan rings is 1. The molecule has 1 aliphatic rings.